The molecule has 3 rings (SSSR count). The number of carbonyl (C=O) groups excluding carboxylic acids is 2. The van der Waals surface area contributed by atoms with Gasteiger partial charge in [-0.05, 0) is 80.7 Å². The van der Waals surface area contributed by atoms with E-state index in [9.17, 15) is 27.9 Å². The molecule has 1 aliphatic heterocycles. The number of benzene rings is 2. The second kappa shape index (κ2) is 15.5. The Bertz CT molecular complexity index is 1020. The smallest absolute Gasteiger partial charge is 0.497 e. The van der Waals surface area contributed by atoms with E-state index in [4.69, 9.17) is 4.74 Å². The van der Waals surface area contributed by atoms with Gasteiger partial charge in [0, 0.05) is 24.9 Å². The number of nitrogens with one attached hydrogen (secondary N) is 1. The number of halogens is 3. The number of nitrogens with zero attached hydrogens (tertiary/aromatic N) is 1. The highest BCUT2D eigenvalue weighted by Gasteiger charge is 2.31. The molecule has 0 bridgehead atoms. The molecule has 0 saturated carbocycles. The van der Waals surface area contributed by atoms with E-state index in [1.807, 2.05) is 0 Å². The summed E-state index contributed by atoms with van der Waals surface area (Å²) in [4.78, 5) is 27.2. The average molecular weight is 553 g/mol. The summed E-state index contributed by atoms with van der Waals surface area (Å²) in [5, 5.41) is 13.9. The van der Waals surface area contributed by atoms with Crippen molar-refractivity contribution >= 4 is 11.7 Å². The molecule has 1 fully saturated rings. The molecule has 0 unspecified atom stereocenters. The van der Waals surface area contributed by atoms with E-state index in [-0.39, 0.29) is 31.3 Å². The standard InChI is InChI=1S/C28H35F3N2O5.CH4/c1-37-22-13-9-20(10-14-22)25(34)7-3-2-4-8-26(35)32-24(19-33-17-5-6-18-33)27(36)21-11-15-23(16-12-21)38-28(29,30)31;/h9-16,24,27,36H,2-8,17-19H2,1H3,(H,32,35);1H4/t24-,27+;/m1./s1. The Kier molecular flexibility index (Phi) is 12.7. The highest BCUT2D eigenvalue weighted by atomic mass is 19.4. The first-order chi connectivity index (χ1) is 18.1. The van der Waals surface area contributed by atoms with Crippen molar-refractivity contribution < 1.29 is 37.3 Å². The van der Waals surface area contributed by atoms with E-state index >= 15 is 0 Å². The number of likely N-dealkylation sites (tertiary alicyclic amines) is 1. The van der Waals surface area contributed by atoms with Crippen molar-refractivity contribution in [3.05, 3.63) is 59.7 Å². The largest absolute Gasteiger partial charge is 0.573 e. The maximum absolute atomic E-state index is 12.7. The summed E-state index contributed by atoms with van der Waals surface area (Å²) in [6, 6.07) is 11.4. The maximum atomic E-state index is 12.7. The number of methoxy groups -OCH3 is 1. The van der Waals surface area contributed by atoms with E-state index in [0.29, 0.717) is 49.1 Å². The second-order valence-corrected chi connectivity index (χ2v) is 9.46. The van der Waals surface area contributed by atoms with Gasteiger partial charge in [0.2, 0.25) is 5.91 Å². The molecule has 2 atom stereocenters. The minimum absolute atomic E-state index is 0. The van der Waals surface area contributed by atoms with Crippen LogP contribution in [0.2, 0.25) is 0 Å². The van der Waals surface area contributed by atoms with Crippen molar-refractivity contribution in [2.24, 2.45) is 0 Å². The lowest BCUT2D eigenvalue weighted by atomic mass is 10.0. The highest BCUT2D eigenvalue weighted by molar-refractivity contribution is 5.96. The van der Waals surface area contributed by atoms with Crippen LogP contribution in [0.15, 0.2) is 48.5 Å². The number of Topliss-reactive ketones (excluding diaryl/α,β-unsaturated/α-hetero) is 1. The van der Waals surface area contributed by atoms with Gasteiger partial charge in [-0.2, -0.15) is 0 Å². The zero-order valence-corrected chi connectivity index (χ0v) is 21.5. The molecular formula is C29H39F3N2O5. The molecule has 10 heteroatoms. The van der Waals surface area contributed by atoms with Crippen LogP contribution in [0.1, 0.15) is 74.4 Å². The first-order valence-corrected chi connectivity index (χ1v) is 12.9. The fraction of sp³-hybridized carbons (Fsp3) is 0.517. The van der Waals surface area contributed by atoms with Crippen LogP contribution in [-0.2, 0) is 4.79 Å². The maximum Gasteiger partial charge on any atom is 0.573 e. The SMILES string of the molecule is C.COc1ccc(C(=O)CCCCCC(=O)N[C@H](CN2CCCC2)[C@@H](O)c2ccc(OC(F)(F)F)cc2)cc1. The summed E-state index contributed by atoms with van der Waals surface area (Å²) in [5.74, 6) is 0.136. The van der Waals surface area contributed by atoms with Gasteiger partial charge in [0.1, 0.15) is 17.6 Å². The number of aliphatic hydroxyl groups excluding tert-OH is 1. The molecule has 1 amide bonds. The monoisotopic (exact) mass is 552 g/mol. The summed E-state index contributed by atoms with van der Waals surface area (Å²) < 4.78 is 46.3. The number of hydrogen-bond donors (Lipinski definition) is 2. The lowest BCUT2D eigenvalue weighted by Crippen LogP contribution is -2.46. The zero-order chi connectivity index (χ0) is 27.5. The number of amides is 1. The van der Waals surface area contributed by atoms with Gasteiger partial charge in [-0.25, -0.2) is 0 Å². The predicted octanol–water partition coefficient (Wildman–Crippen LogP) is 5.68. The van der Waals surface area contributed by atoms with E-state index < -0.39 is 18.5 Å². The Morgan fingerprint density at radius 3 is 2.13 bits per heavy atom. The minimum atomic E-state index is -4.80. The first-order valence-electron chi connectivity index (χ1n) is 12.9. The third-order valence-electron chi connectivity index (χ3n) is 6.56. The van der Waals surface area contributed by atoms with E-state index in [1.165, 1.54) is 12.1 Å². The highest BCUT2D eigenvalue weighted by Crippen LogP contribution is 2.26. The van der Waals surface area contributed by atoms with Crippen molar-refractivity contribution in [3.8, 4) is 11.5 Å². The van der Waals surface area contributed by atoms with Gasteiger partial charge in [-0.15, -0.1) is 13.2 Å². The molecule has 0 radical (unpaired) electrons. The summed E-state index contributed by atoms with van der Waals surface area (Å²) in [6.07, 6.45) is -1.23. The number of carbonyl (C=O) groups is 2. The van der Waals surface area contributed by atoms with Crippen molar-refractivity contribution in [2.75, 3.05) is 26.7 Å². The lowest BCUT2D eigenvalue weighted by molar-refractivity contribution is -0.274. The Hall–Kier alpha value is -3.11. The Balaban J connectivity index is 0.00000533. The molecule has 0 aliphatic carbocycles. The zero-order valence-electron chi connectivity index (χ0n) is 21.5. The number of aliphatic hydroxyl groups is 1. The third-order valence-corrected chi connectivity index (χ3v) is 6.56. The molecule has 0 aromatic heterocycles. The van der Waals surface area contributed by atoms with Gasteiger partial charge in [0.05, 0.1) is 13.2 Å². The quantitative estimate of drug-likeness (QED) is 0.232. The van der Waals surface area contributed by atoms with E-state index in [1.54, 1.807) is 31.4 Å². The number of rotatable bonds is 14. The van der Waals surface area contributed by atoms with Crippen LogP contribution in [-0.4, -0.2) is 60.8 Å². The fourth-order valence-corrected chi connectivity index (χ4v) is 4.51. The molecule has 1 aliphatic rings. The van der Waals surface area contributed by atoms with E-state index in [2.05, 4.69) is 15.0 Å². The number of alkyl halides is 3. The normalized spacial score (nSPS) is 15.2. The molecule has 216 valence electrons. The van der Waals surface area contributed by atoms with Crippen molar-refractivity contribution in [1.29, 1.82) is 0 Å². The molecule has 2 N–H and O–H groups in total. The second-order valence-electron chi connectivity index (χ2n) is 9.46. The summed E-state index contributed by atoms with van der Waals surface area (Å²) in [5.41, 5.74) is 1.02. The van der Waals surface area contributed by atoms with Gasteiger partial charge in [-0.1, -0.05) is 26.0 Å². The van der Waals surface area contributed by atoms with E-state index in [0.717, 1.165) is 38.1 Å². The van der Waals surface area contributed by atoms with Crippen molar-refractivity contribution in [1.82, 2.24) is 10.2 Å². The molecular weight excluding hydrogens is 513 g/mol. The number of ether oxygens (including phenoxy) is 2. The van der Waals surface area contributed by atoms with Gasteiger partial charge < -0.3 is 24.8 Å². The molecule has 1 saturated heterocycles. The van der Waals surface area contributed by atoms with Crippen LogP contribution in [0.4, 0.5) is 13.2 Å². The van der Waals surface area contributed by atoms with Gasteiger partial charge in [-0.3, -0.25) is 9.59 Å². The molecule has 1 heterocycles. The van der Waals surface area contributed by atoms with Crippen molar-refractivity contribution in [3.63, 3.8) is 0 Å². The number of hydrogen-bond acceptors (Lipinski definition) is 6. The molecule has 2 aromatic carbocycles. The van der Waals surface area contributed by atoms with Gasteiger partial charge in [0.25, 0.3) is 0 Å². The van der Waals surface area contributed by atoms with Gasteiger partial charge >= 0.3 is 6.36 Å². The average Bonchev–Trinajstić information content (AvgIpc) is 3.40. The molecule has 2 aromatic rings. The third kappa shape index (κ3) is 10.9. The van der Waals surface area contributed by atoms with Crippen LogP contribution in [0.25, 0.3) is 0 Å². The summed E-state index contributed by atoms with van der Waals surface area (Å²) in [6.45, 7) is 2.16. The Labute approximate surface area is 228 Å². The van der Waals surface area contributed by atoms with Crippen molar-refractivity contribution in [2.45, 2.75) is 70.9 Å². The van der Waals surface area contributed by atoms with Crippen LogP contribution in [0, 0.1) is 0 Å². The lowest BCUT2D eigenvalue weighted by Gasteiger charge is -2.29. The predicted molar refractivity (Wildman–Crippen MR) is 143 cm³/mol. The molecule has 0 spiro atoms. The van der Waals surface area contributed by atoms with Crippen LogP contribution in [0.5, 0.6) is 11.5 Å². The van der Waals surface area contributed by atoms with Crippen LogP contribution >= 0.6 is 0 Å². The number of ketones is 1. The number of unbranched alkanes of at least 4 members (excludes halogenated alkanes) is 2. The Morgan fingerprint density at radius 2 is 1.54 bits per heavy atom. The van der Waals surface area contributed by atoms with Crippen LogP contribution < -0.4 is 14.8 Å². The summed E-state index contributed by atoms with van der Waals surface area (Å²) >= 11 is 0. The fourth-order valence-electron chi connectivity index (χ4n) is 4.51. The molecule has 7 nitrogen and oxygen atoms in total. The summed E-state index contributed by atoms with van der Waals surface area (Å²) in [7, 11) is 1.57. The van der Waals surface area contributed by atoms with Crippen LogP contribution in [0.3, 0.4) is 0 Å². The van der Waals surface area contributed by atoms with Gasteiger partial charge in [0.15, 0.2) is 5.78 Å². The topological polar surface area (TPSA) is 88.1 Å². The first kappa shape index (κ1) is 32.1. The minimum Gasteiger partial charge on any atom is -0.497 e. The Morgan fingerprint density at radius 1 is 0.949 bits per heavy atom. The molecule has 39 heavy (non-hydrogen) atoms.